The zero-order chi connectivity index (χ0) is 11.9. The summed E-state index contributed by atoms with van der Waals surface area (Å²) < 4.78 is 23.6. The molecular formula is C8H19N3O3S. The Morgan fingerprint density at radius 2 is 2.00 bits per heavy atom. The third-order valence-electron chi connectivity index (χ3n) is 1.72. The van der Waals surface area contributed by atoms with Gasteiger partial charge in [-0.2, -0.15) is 0 Å². The van der Waals surface area contributed by atoms with Gasteiger partial charge in [0.15, 0.2) is 0 Å². The van der Waals surface area contributed by atoms with Crippen LogP contribution < -0.4 is 15.8 Å². The van der Waals surface area contributed by atoms with Gasteiger partial charge in [-0.15, -0.1) is 0 Å². The van der Waals surface area contributed by atoms with E-state index in [2.05, 4.69) is 10.0 Å². The fraction of sp³-hybridized carbons (Fsp3) is 0.875. The zero-order valence-electron chi connectivity index (χ0n) is 9.12. The minimum absolute atomic E-state index is 0.184. The molecule has 0 unspecified atom stereocenters. The molecule has 0 fully saturated rings. The van der Waals surface area contributed by atoms with Crippen LogP contribution in [0.3, 0.4) is 0 Å². The van der Waals surface area contributed by atoms with E-state index >= 15 is 0 Å². The van der Waals surface area contributed by atoms with Crippen molar-refractivity contribution in [1.29, 1.82) is 0 Å². The van der Waals surface area contributed by atoms with E-state index < -0.39 is 16.1 Å². The molecule has 0 aromatic carbocycles. The number of amides is 1. The second kappa shape index (κ2) is 6.76. The molecule has 0 aliphatic rings. The Hall–Kier alpha value is -0.660. The molecule has 0 saturated heterocycles. The van der Waals surface area contributed by atoms with Gasteiger partial charge in [0.1, 0.15) is 0 Å². The van der Waals surface area contributed by atoms with Crippen molar-refractivity contribution in [3.8, 4) is 0 Å². The third kappa shape index (κ3) is 8.34. The molecule has 15 heavy (non-hydrogen) atoms. The highest BCUT2D eigenvalue weighted by atomic mass is 32.2. The molecule has 6 nitrogen and oxygen atoms in total. The van der Waals surface area contributed by atoms with Crippen LogP contribution in [0, 0.1) is 0 Å². The normalized spacial score (nSPS) is 13.5. The van der Waals surface area contributed by atoms with E-state index in [9.17, 15) is 13.2 Å². The molecule has 0 radical (unpaired) electrons. The van der Waals surface area contributed by atoms with Crippen LogP contribution in [0.4, 0.5) is 0 Å². The van der Waals surface area contributed by atoms with Gasteiger partial charge in [0, 0.05) is 13.1 Å². The highest BCUT2D eigenvalue weighted by molar-refractivity contribution is 7.88. The van der Waals surface area contributed by atoms with Gasteiger partial charge in [-0.1, -0.05) is 13.3 Å². The van der Waals surface area contributed by atoms with Crippen LogP contribution in [0.15, 0.2) is 0 Å². The lowest BCUT2D eigenvalue weighted by Gasteiger charge is -2.10. The molecule has 0 aliphatic heterocycles. The molecule has 7 heteroatoms. The standard InChI is InChI=1S/C8H19N3O3S/c1-3-4-7(9)8(12)10-5-6-11-15(2,13)14/h7,11H,3-6,9H2,1-2H3,(H,10,12)/t7-/m1/s1. The molecule has 4 N–H and O–H groups in total. The number of carbonyl (C=O) groups excluding carboxylic acids is 1. The predicted octanol–water partition coefficient (Wildman–Crippen LogP) is -1.22. The Morgan fingerprint density at radius 1 is 1.40 bits per heavy atom. The molecule has 0 heterocycles. The van der Waals surface area contributed by atoms with Crippen LogP contribution in [0.1, 0.15) is 19.8 Å². The number of nitrogens with two attached hydrogens (primary N) is 1. The van der Waals surface area contributed by atoms with Gasteiger partial charge in [0.05, 0.1) is 12.3 Å². The summed E-state index contributed by atoms with van der Waals surface area (Å²) in [5.74, 6) is -0.243. The summed E-state index contributed by atoms with van der Waals surface area (Å²) >= 11 is 0. The summed E-state index contributed by atoms with van der Waals surface area (Å²) in [6.45, 7) is 2.38. The van der Waals surface area contributed by atoms with E-state index in [0.717, 1.165) is 12.7 Å². The third-order valence-corrected chi connectivity index (χ3v) is 2.45. The number of carbonyl (C=O) groups is 1. The van der Waals surface area contributed by atoms with Crippen molar-refractivity contribution < 1.29 is 13.2 Å². The van der Waals surface area contributed by atoms with Crippen molar-refractivity contribution in [2.45, 2.75) is 25.8 Å². The summed E-state index contributed by atoms with van der Waals surface area (Å²) in [6.07, 6.45) is 2.54. The Morgan fingerprint density at radius 3 is 2.47 bits per heavy atom. The van der Waals surface area contributed by atoms with Gasteiger partial charge in [-0.25, -0.2) is 13.1 Å². The molecule has 1 atom stereocenters. The first kappa shape index (κ1) is 14.3. The highest BCUT2D eigenvalue weighted by Gasteiger charge is 2.11. The minimum Gasteiger partial charge on any atom is -0.353 e. The first-order chi connectivity index (χ1) is 6.87. The van der Waals surface area contributed by atoms with Gasteiger partial charge in [-0.05, 0) is 6.42 Å². The second-order valence-corrected chi connectivity index (χ2v) is 5.19. The molecule has 0 saturated carbocycles. The van der Waals surface area contributed by atoms with E-state index in [4.69, 9.17) is 5.73 Å². The Balaban J connectivity index is 3.64. The lowest BCUT2D eigenvalue weighted by Crippen LogP contribution is -2.43. The van der Waals surface area contributed by atoms with E-state index in [0.29, 0.717) is 6.42 Å². The average Bonchev–Trinajstić information content (AvgIpc) is 2.11. The lowest BCUT2D eigenvalue weighted by atomic mass is 10.2. The van der Waals surface area contributed by atoms with Crippen molar-refractivity contribution in [3.05, 3.63) is 0 Å². The lowest BCUT2D eigenvalue weighted by molar-refractivity contribution is -0.122. The SMILES string of the molecule is CCC[C@@H](N)C(=O)NCCNS(C)(=O)=O. The average molecular weight is 237 g/mol. The fourth-order valence-electron chi connectivity index (χ4n) is 0.995. The van der Waals surface area contributed by atoms with Crippen molar-refractivity contribution in [2.75, 3.05) is 19.3 Å². The molecular weight excluding hydrogens is 218 g/mol. The molecule has 0 aromatic heterocycles. The number of nitrogens with one attached hydrogen (secondary N) is 2. The number of hydrogen-bond acceptors (Lipinski definition) is 4. The first-order valence-electron chi connectivity index (χ1n) is 4.84. The summed E-state index contributed by atoms with van der Waals surface area (Å²) in [5, 5.41) is 2.55. The molecule has 0 aromatic rings. The first-order valence-corrected chi connectivity index (χ1v) is 6.74. The second-order valence-electron chi connectivity index (χ2n) is 3.35. The number of rotatable bonds is 7. The highest BCUT2D eigenvalue weighted by Crippen LogP contribution is 1.92. The maximum absolute atomic E-state index is 11.2. The van der Waals surface area contributed by atoms with Crippen LogP contribution in [-0.2, 0) is 14.8 Å². The topological polar surface area (TPSA) is 101 Å². The monoisotopic (exact) mass is 237 g/mol. The maximum atomic E-state index is 11.2. The quantitative estimate of drug-likeness (QED) is 0.483. The number of hydrogen-bond donors (Lipinski definition) is 3. The van der Waals surface area contributed by atoms with Crippen molar-refractivity contribution >= 4 is 15.9 Å². The van der Waals surface area contributed by atoms with Crippen LogP contribution in [-0.4, -0.2) is 39.7 Å². The van der Waals surface area contributed by atoms with Crippen LogP contribution >= 0.6 is 0 Å². The smallest absolute Gasteiger partial charge is 0.236 e. The summed E-state index contributed by atoms with van der Waals surface area (Å²) in [6, 6.07) is -0.506. The molecule has 0 bridgehead atoms. The molecule has 1 amide bonds. The molecule has 0 spiro atoms. The van der Waals surface area contributed by atoms with E-state index in [-0.39, 0.29) is 19.0 Å². The number of sulfonamides is 1. The van der Waals surface area contributed by atoms with E-state index in [1.54, 1.807) is 0 Å². The molecule has 0 aliphatic carbocycles. The minimum atomic E-state index is -3.19. The van der Waals surface area contributed by atoms with E-state index in [1.807, 2.05) is 6.92 Å². The largest absolute Gasteiger partial charge is 0.353 e. The summed E-state index contributed by atoms with van der Waals surface area (Å²) in [5.41, 5.74) is 5.55. The van der Waals surface area contributed by atoms with Crippen molar-refractivity contribution in [2.24, 2.45) is 5.73 Å². The van der Waals surface area contributed by atoms with Crippen molar-refractivity contribution in [3.63, 3.8) is 0 Å². The van der Waals surface area contributed by atoms with Gasteiger partial charge in [-0.3, -0.25) is 4.79 Å². The van der Waals surface area contributed by atoms with Crippen LogP contribution in [0.25, 0.3) is 0 Å². The van der Waals surface area contributed by atoms with Gasteiger partial charge in [0.25, 0.3) is 0 Å². The maximum Gasteiger partial charge on any atom is 0.236 e. The zero-order valence-corrected chi connectivity index (χ0v) is 9.93. The van der Waals surface area contributed by atoms with Gasteiger partial charge >= 0.3 is 0 Å². The predicted molar refractivity (Wildman–Crippen MR) is 58.7 cm³/mol. The summed E-state index contributed by atoms with van der Waals surface area (Å²) in [7, 11) is -3.19. The van der Waals surface area contributed by atoms with E-state index in [1.165, 1.54) is 0 Å². The Bertz CT molecular complexity index is 290. The molecule has 0 rings (SSSR count). The van der Waals surface area contributed by atoms with Gasteiger partial charge in [0.2, 0.25) is 15.9 Å². The Labute approximate surface area is 90.7 Å². The van der Waals surface area contributed by atoms with Crippen LogP contribution in [0.5, 0.6) is 0 Å². The molecule has 90 valence electrons. The van der Waals surface area contributed by atoms with Crippen LogP contribution in [0.2, 0.25) is 0 Å². The van der Waals surface area contributed by atoms with Crippen molar-refractivity contribution in [1.82, 2.24) is 10.0 Å². The summed E-state index contributed by atoms with van der Waals surface area (Å²) in [4.78, 5) is 11.2. The van der Waals surface area contributed by atoms with Gasteiger partial charge < -0.3 is 11.1 Å². The Kier molecular flexibility index (Phi) is 6.46. The fourth-order valence-corrected chi connectivity index (χ4v) is 1.47.